The Balaban J connectivity index is 1.75. The van der Waals surface area contributed by atoms with E-state index in [2.05, 4.69) is 10.6 Å². The van der Waals surface area contributed by atoms with Crippen LogP contribution in [0.25, 0.3) is 0 Å². The average molecular weight is 465 g/mol. The Bertz CT molecular complexity index is 1300. The van der Waals surface area contributed by atoms with Gasteiger partial charge in [-0.2, -0.15) is 0 Å². The number of benzene rings is 3. The van der Waals surface area contributed by atoms with Gasteiger partial charge in [-0.25, -0.2) is 17.2 Å². The van der Waals surface area contributed by atoms with Gasteiger partial charge in [-0.15, -0.1) is 0 Å². The van der Waals surface area contributed by atoms with Gasteiger partial charge >= 0.3 is 0 Å². The Labute approximate surface area is 181 Å². The normalized spacial score (nSPS) is 11.1. The van der Waals surface area contributed by atoms with Crippen LogP contribution in [0.4, 0.5) is 20.2 Å². The second-order valence-corrected chi connectivity index (χ2v) is 8.95. The summed E-state index contributed by atoms with van der Waals surface area (Å²) in [5.41, 5.74) is 0.196. The molecule has 31 heavy (non-hydrogen) atoms. The van der Waals surface area contributed by atoms with Crippen LogP contribution in [-0.4, -0.2) is 26.5 Å². The topological polar surface area (TPSA) is 92.3 Å². The molecule has 0 bridgehead atoms. The zero-order chi connectivity index (χ0) is 22.8. The maximum Gasteiger partial charge on any atom is 0.258 e. The Morgan fingerprint density at radius 1 is 0.903 bits per heavy atom. The highest BCUT2D eigenvalue weighted by molar-refractivity contribution is 7.90. The van der Waals surface area contributed by atoms with Crippen LogP contribution in [0.2, 0.25) is 5.02 Å². The predicted molar refractivity (Wildman–Crippen MR) is 113 cm³/mol. The fourth-order valence-corrected chi connectivity index (χ4v) is 3.52. The SMILES string of the molecule is CS(=O)(=O)c1cccc(C(=O)Nc2ccc(NC(=O)c3ccc(F)cc3F)cc2Cl)c1. The zero-order valence-electron chi connectivity index (χ0n) is 15.9. The maximum absolute atomic E-state index is 13.7. The number of halogens is 3. The summed E-state index contributed by atoms with van der Waals surface area (Å²) in [4.78, 5) is 24.6. The number of hydrogen-bond donors (Lipinski definition) is 2. The molecule has 0 saturated heterocycles. The molecule has 0 atom stereocenters. The molecule has 0 aliphatic carbocycles. The van der Waals surface area contributed by atoms with Crippen LogP contribution < -0.4 is 10.6 Å². The third kappa shape index (κ3) is 5.44. The van der Waals surface area contributed by atoms with Gasteiger partial charge in [-0.1, -0.05) is 17.7 Å². The van der Waals surface area contributed by atoms with Gasteiger partial charge in [0.2, 0.25) is 0 Å². The molecule has 0 spiro atoms. The second-order valence-electron chi connectivity index (χ2n) is 6.53. The molecule has 2 amide bonds. The van der Waals surface area contributed by atoms with Gasteiger partial charge < -0.3 is 10.6 Å². The lowest BCUT2D eigenvalue weighted by molar-refractivity contribution is 0.101. The third-order valence-electron chi connectivity index (χ3n) is 4.18. The summed E-state index contributed by atoms with van der Waals surface area (Å²) in [6.07, 6.45) is 1.03. The van der Waals surface area contributed by atoms with Gasteiger partial charge in [0.05, 0.1) is 21.2 Å². The lowest BCUT2D eigenvalue weighted by atomic mass is 10.2. The maximum atomic E-state index is 13.7. The van der Waals surface area contributed by atoms with Crippen molar-refractivity contribution < 1.29 is 26.8 Å². The van der Waals surface area contributed by atoms with Crippen LogP contribution in [0.5, 0.6) is 0 Å². The Morgan fingerprint density at radius 2 is 1.65 bits per heavy atom. The van der Waals surface area contributed by atoms with Crippen LogP contribution in [0, 0.1) is 11.6 Å². The van der Waals surface area contributed by atoms with Crippen LogP contribution in [0.15, 0.2) is 65.6 Å². The molecule has 3 aromatic rings. The first kappa shape index (κ1) is 22.4. The molecule has 0 saturated carbocycles. The van der Waals surface area contributed by atoms with E-state index >= 15 is 0 Å². The van der Waals surface area contributed by atoms with Gasteiger partial charge in [0.1, 0.15) is 11.6 Å². The highest BCUT2D eigenvalue weighted by Gasteiger charge is 2.15. The van der Waals surface area contributed by atoms with Crippen molar-refractivity contribution in [3.8, 4) is 0 Å². The molecule has 160 valence electrons. The molecule has 10 heteroatoms. The molecule has 2 N–H and O–H groups in total. The quantitative estimate of drug-likeness (QED) is 0.580. The van der Waals surface area contributed by atoms with E-state index in [1.54, 1.807) is 0 Å². The van der Waals surface area contributed by atoms with E-state index in [0.29, 0.717) is 6.07 Å². The van der Waals surface area contributed by atoms with Crippen molar-refractivity contribution >= 4 is 44.6 Å². The van der Waals surface area contributed by atoms with E-state index in [9.17, 15) is 26.8 Å². The van der Waals surface area contributed by atoms with E-state index < -0.39 is 33.3 Å². The molecule has 0 unspecified atom stereocenters. The van der Waals surface area contributed by atoms with Crippen LogP contribution in [0.3, 0.4) is 0 Å². The highest BCUT2D eigenvalue weighted by atomic mass is 35.5. The minimum Gasteiger partial charge on any atom is -0.322 e. The van der Waals surface area contributed by atoms with E-state index in [1.165, 1.54) is 42.5 Å². The lowest BCUT2D eigenvalue weighted by Crippen LogP contribution is -2.15. The largest absolute Gasteiger partial charge is 0.322 e. The van der Waals surface area contributed by atoms with E-state index in [-0.39, 0.29) is 32.4 Å². The number of anilines is 2. The number of hydrogen-bond acceptors (Lipinski definition) is 4. The standard InChI is InChI=1S/C21H15ClF2N2O4S/c1-31(29,30)15-4-2-3-12(9-15)20(27)26-19-8-6-14(11-17(19)22)25-21(28)16-7-5-13(23)10-18(16)24/h2-11H,1H3,(H,25,28)(H,26,27). The molecule has 0 radical (unpaired) electrons. The molecule has 6 nitrogen and oxygen atoms in total. The van der Waals surface area contributed by atoms with Crippen molar-refractivity contribution in [3.05, 3.63) is 88.4 Å². The Kier molecular flexibility index (Phi) is 6.37. The summed E-state index contributed by atoms with van der Waals surface area (Å²) in [6.45, 7) is 0. The zero-order valence-corrected chi connectivity index (χ0v) is 17.5. The summed E-state index contributed by atoms with van der Waals surface area (Å²) in [7, 11) is -3.48. The summed E-state index contributed by atoms with van der Waals surface area (Å²) >= 11 is 6.16. The monoisotopic (exact) mass is 464 g/mol. The van der Waals surface area contributed by atoms with E-state index in [0.717, 1.165) is 18.4 Å². The lowest BCUT2D eigenvalue weighted by Gasteiger charge is -2.11. The first-order valence-corrected chi connectivity index (χ1v) is 11.0. The summed E-state index contributed by atoms with van der Waals surface area (Å²) in [6, 6.07) is 12.3. The number of rotatable bonds is 5. The minimum absolute atomic E-state index is 0.00247. The van der Waals surface area contributed by atoms with Crippen LogP contribution in [0.1, 0.15) is 20.7 Å². The predicted octanol–water partition coefficient (Wildman–Crippen LogP) is 4.53. The van der Waals surface area contributed by atoms with Gasteiger partial charge in [0, 0.05) is 23.6 Å². The van der Waals surface area contributed by atoms with Crippen molar-refractivity contribution in [1.29, 1.82) is 0 Å². The van der Waals surface area contributed by atoms with Crippen molar-refractivity contribution in [2.75, 3.05) is 16.9 Å². The highest BCUT2D eigenvalue weighted by Crippen LogP contribution is 2.27. The fraction of sp³-hybridized carbons (Fsp3) is 0.0476. The van der Waals surface area contributed by atoms with Crippen LogP contribution in [-0.2, 0) is 9.84 Å². The Morgan fingerprint density at radius 3 is 2.29 bits per heavy atom. The molecular formula is C21H15ClF2N2O4S. The van der Waals surface area contributed by atoms with Crippen molar-refractivity contribution in [3.63, 3.8) is 0 Å². The smallest absolute Gasteiger partial charge is 0.258 e. The average Bonchev–Trinajstić information content (AvgIpc) is 2.69. The first-order valence-electron chi connectivity index (χ1n) is 8.72. The molecule has 3 aromatic carbocycles. The first-order chi connectivity index (χ1) is 14.5. The van der Waals surface area contributed by atoms with Crippen molar-refractivity contribution in [2.24, 2.45) is 0 Å². The number of amides is 2. The second kappa shape index (κ2) is 8.83. The molecule has 0 heterocycles. The summed E-state index contributed by atoms with van der Waals surface area (Å²) in [5.74, 6) is -3.21. The molecular weight excluding hydrogens is 450 g/mol. The molecule has 0 aliphatic rings. The number of sulfone groups is 1. The van der Waals surface area contributed by atoms with E-state index in [1.807, 2.05) is 0 Å². The van der Waals surface area contributed by atoms with Gasteiger partial charge in [0.25, 0.3) is 11.8 Å². The summed E-state index contributed by atoms with van der Waals surface area (Å²) in [5, 5.41) is 5.06. The van der Waals surface area contributed by atoms with Gasteiger partial charge in [-0.05, 0) is 48.5 Å². The third-order valence-corrected chi connectivity index (χ3v) is 5.60. The Hall–Kier alpha value is -3.30. The minimum atomic E-state index is -3.48. The van der Waals surface area contributed by atoms with Gasteiger partial charge in [0.15, 0.2) is 9.84 Å². The van der Waals surface area contributed by atoms with Crippen LogP contribution >= 0.6 is 11.6 Å². The fourth-order valence-electron chi connectivity index (χ4n) is 2.63. The molecule has 0 aliphatic heterocycles. The number of nitrogens with one attached hydrogen (secondary N) is 2. The molecule has 0 aromatic heterocycles. The molecule has 0 fully saturated rings. The number of carbonyl (C=O) groups is 2. The molecule has 3 rings (SSSR count). The van der Waals surface area contributed by atoms with Crippen molar-refractivity contribution in [1.82, 2.24) is 0 Å². The van der Waals surface area contributed by atoms with Crippen molar-refractivity contribution in [2.45, 2.75) is 4.90 Å². The van der Waals surface area contributed by atoms with E-state index in [4.69, 9.17) is 11.6 Å². The van der Waals surface area contributed by atoms with Gasteiger partial charge in [-0.3, -0.25) is 9.59 Å². The summed E-state index contributed by atoms with van der Waals surface area (Å²) < 4.78 is 50.0. The number of carbonyl (C=O) groups excluding carboxylic acids is 2.